The number of unbranched alkanes of at least 4 members (excludes halogenated alkanes) is 3. The Bertz CT molecular complexity index is 558. The number of rotatable bonds is 9. The van der Waals surface area contributed by atoms with Crippen LogP contribution in [-0.2, 0) is 14.8 Å². The van der Waals surface area contributed by atoms with Gasteiger partial charge in [-0.1, -0.05) is 18.9 Å². The van der Waals surface area contributed by atoms with Gasteiger partial charge in [-0.3, -0.25) is 9.52 Å². The highest BCUT2D eigenvalue weighted by Crippen LogP contribution is 2.16. The minimum atomic E-state index is -3.32. The summed E-state index contributed by atoms with van der Waals surface area (Å²) < 4.78 is 24.7. The first-order valence-electron chi connectivity index (χ1n) is 6.98. The third kappa shape index (κ3) is 8.31. The lowest BCUT2D eigenvalue weighted by molar-refractivity contribution is -0.116. The SMILES string of the molecule is CS(=O)(=O)Nc1cccc(NC(=O)CCCCCCN)c1. The van der Waals surface area contributed by atoms with Gasteiger partial charge in [-0.15, -0.1) is 0 Å². The van der Waals surface area contributed by atoms with Crippen LogP contribution in [0.3, 0.4) is 0 Å². The first-order chi connectivity index (χ1) is 9.90. The molecule has 1 aromatic rings. The zero-order chi connectivity index (χ0) is 15.7. The summed E-state index contributed by atoms with van der Waals surface area (Å²) in [6, 6.07) is 6.63. The van der Waals surface area contributed by atoms with Gasteiger partial charge in [0, 0.05) is 12.1 Å². The Morgan fingerprint density at radius 1 is 1.14 bits per heavy atom. The predicted molar refractivity (Wildman–Crippen MR) is 85.7 cm³/mol. The van der Waals surface area contributed by atoms with Gasteiger partial charge in [-0.05, 0) is 37.6 Å². The molecule has 0 saturated heterocycles. The number of anilines is 2. The second kappa shape index (κ2) is 8.63. The van der Waals surface area contributed by atoms with E-state index in [1.807, 2.05) is 0 Å². The molecular formula is C14H23N3O3S. The normalized spacial score (nSPS) is 11.1. The molecular weight excluding hydrogens is 290 g/mol. The summed E-state index contributed by atoms with van der Waals surface area (Å²) in [4.78, 5) is 11.8. The van der Waals surface area contributed by atoms with E-state index in [1.165, 1.54) is 0 Å². The van der Waals surface area contributed by atoms with Crippen LogP contribution in [0.2, 0.25) is 0 Å². The average molecular weight is 313 g/mol. The fraction of sp³-hybridized carbons (Fsp3) is 0.500. The van der Waals surface area contributed by atoms with E-state index in [0.29, 0.717) is 24.3 Å². The van der Waals surface area contributed by atoms with Crippen LogP contribution in [0.4, 0.5) is 11.4 Å². The first-order valence-corrected chi connectivity index (χ1v) is 8.87. The van der Waals surface area contributed by atoms with Crippen molar-refractivity contribution in [3.05, 3.63) is 24.3 Å². The molecule has 1 aromatic carbocycles. The van der Waals surface area contributed by atoms with Crippen LogP contribution in [-0.4, -0.2) is 27.1 Å². The lowest BCUT2D eigenvalue weighted by Gasteiger charge is -2.08. The maximum atomic E-state index is 11.8. The summed E-state index contributed by atoms with van der Waals surface area (Å²) in [6.07, 6.45) is 5.37. The summed E-state index contributed by atoms with van der Waals surface area (Å²) in [5, 5.41) is 2.76. The molecule has 0 fully saturated rings. The van der Waals surface area contributed by atoms with Gasteiger partial charge in [0.1, 0.15) is 0 Å². The zero-order valence-corrected chi connectivity index (χ0v) is 13.1. The Kier molecular flexibility index (Phi) is 7.18. The number of benzene rings is 1. The molecule has 0 bridgehead atoms. The van der Waals surface area contributed by atoms with Crippen molar-refractivity contribution in [2.45, 2.75) is 32.1 Å². The summed E-state index contributed by atoms with van der Waals surface area (Å²) in [7, 11) is -3.32. The molecule has 0 spiro atoms. The van der Waals surface area contributed by atoms with E-state index in [9.17, 15) is 13.2 Å². The van der Waals surface area contributed by atoms with Crippen molar-refractivity contribution in [1.82, 2.24) is 0 Å². The van der Waals surface area contributed by atoms with Crippen LogP contribution in [0.1, 0.15) is 32.1 Å². The number of carbonyl (C=O) groups is 1. The molecule has 0 aliphatic heterocycles. The molecule has 0 unspecified atom stereocenters. The van der Waals surface area contributed by atoms with Crippen LogP contribution in [0.15, 0.2) is 24.3 Å². The molecule has 21 heavy (non-hydrogen) atoms. The Labute approximate surface area is 126 Å². The van der Waals surface area contributed by atoms with E-state index in [4.69, 9.17) is 5.73 Å². The highest BCUT2D eigenvalue weighted by atomic mass is 32.2. The van der Waals surface area contributed by atoms with E-state index in [-0.39, 0.29) is 5.91 Å². The van der Waals surface area contributed by atoms with Gasteiger partial charge in [0.15, 0.2) is 0 Å². The van der Waals surface area contributed by atoms with Gasteiger partial charge in [-0.2, -0.15) is 0 Å². The van der Waals surface area contributed by atoms with Crippen molar-refractivity contribution in [3.8, 4) is 0 Å². The number of amides is 1. The van der Waals surface area contributed by atoms with Gasteiger partial charge in [0.25, 0.3) is 0 Å². The van der Waals surface area contributed by atoms with Gasteiger partial charge in [-0.25, -0.2) is 8.42 Å². The molecule has 0 aliphatic carbocycles. The van der Waals surface area contributed by atoms with E-state index in [1.54, 1.807) is 24.3 Å². The van der Waals surface area contributed by atoms with Gasteiger partial charge >= 0.3 is 0 Å². The fourth-order valence-electron chi connectivity index (χ4n) is 1.88. The second-order valence-electron chi connectivity index (χ2n) is 4.96. The van der Waals surface area contributed by atoms with Crippen molar-refractivity contribution in [1.29, 1.82) is 0 Å². The molecule has 0 aromatic heterocycles. The molecule has 0 atom stereocenters. The molecule has 118 valence electrons. The third-order valence-electron chi connectivity index (χ3n) is 2.81. The average Bonchev–Trinajstić information content (AvgIpc) is 2.37. The maximum Gasteiger partial charge on any atom is 0.229 e. The van der Waals surface area contributed by atoms with Crippen molar-refractivity contribution in [2.75, 3.05) is 22.8 Å². The van der Waals surface area contributed by atoms with Gasteiger partial charge in [0.2, 0.25) is 15.9 Å². The topological polar surface area (TPSA) is 101 Å². The molecule has 7 heteroatoms. The minimum Gasteiger partial charge on any atom is -0.330 e. The Morgan fingerprint density at radius 3 is 2.48 bits per heavy atom. The molecule has 0 aliphatic rings. The maximum absolute atomic E-state index is 11.8. The second-order valence-corrected chi connectivity index (χ2v) is 6.70. The molecule has 0 heterocycles. The van der Waals surface area contributed by atoms with Crippen molar-refractivity contribution in [2.24, 2.45) is 5.73 Å². The minimum absolute atomic E-state index is 0.0701. The number of carbonyl (C=O) groups excluding carboxylic acids is 1. The van der Waals surface area contributed by atoms with Crippen LogP contribution in [0.25, 0.3) is 0 Å². The molecule has 0 radical (unpaired) electrons. The predicted octanol–water partition coefficient (Wildman–Crippen LogP) is 1.91. The summed E-state index contributed by atoms with van der Waals surface area (Å²) >= 11 is 0. The van der Waals surface area contributed by atoms with Gasteiger partial charge in [0.05, 0.1) is 11.9 Å². The summed E-state index contributed by atoms with van der Waals surface area (Å²) in [6.45, 7) is 0.687. The van der Waals surface area contributed by atoms with Crippen molar-refractivity contribution < 1.29 is 13.2 Å². The van der Waals surface area contributed by atoms with Crippen LogP contribution < -0.4 is 15.8 Å². The first kappa shape index (κ1) is 17.5. The molecule has 0 saturated carbocycles. The summed E-state index contributed by atoms with van der Waals surface area (Å²) in [5.74, 6) is -0.0701. The standard InChI is InChI=1S/C14H23N3O3S/c1-21(19,20)17-13-8-6-7-12(11-13)16-14(18)9-4-2-3-5-10-15/h6-8,11,17H,2-5,9-10,15H2,1H3,(H,16,18). The quantitative estimate of drug-likeness (QED) is 0.606. The smallest absolute Gasteiger partial charge is 0.229 e. The highest BCUT2D eigenvalue weighted by Gasteiger charge is 2.05. The highest BCUT2D eigenvalue weighted by molar-refractivity contribution is 7.92. The van der Waals surface area contributed by atoms with E-state index >= 15 is 0 Å². The Hall–Kier alpha value is -1.60. The van der Waals surface area contributed by atoms with Crippen LogP contribution in [0.5, 0.6) is 0 Å². The van der Waals surface area contributed by atoms with Gasteiger partial charge < -0.3 is 11.1 Å². The molecule has 1 amide bonds. The zero-order valence-electron chi connectivity index (χ0n) is 12.3. The number of nitrogens with one attached hydrogen (secondary N) is 2. The largest absolute Gasteiger partial charge is 0.330 e. The van der Waals surface area contributed by atoms with E-state index in [2.05, 4.69) is 10.0 Å². The summed E-state index contributed by atoms with van der Waals surface area (Å²) in [5.41, 5.74) is 6.41. The number of hydrogen-bond acceptors (Lipinski definition) is 4. The number of hydrogen-bond donors (Lipinski definition) is 3. The van der Waals surface area contributed by atoms with E-state index < -0.39 is 10.0 Å². The van der Waals surface area contributed by atoms with Crippen LogP contribution in [0, 0.1) is 0 Å². The Morgan fingerprint density at radius 2 is 1.81 bits per heavy atom. The van der Waals surface area contributed by atoms with E-state index in [0.717, 1.165) is 31.9 Å². The molecule has 6 nitrogen and oxygen atoms in total. The molecule has 4 N–H and O–H groups in total. The number of nitrogens with two attached hydrogens (primary N) is 1. The third-order valence-corrected chi connectivity index (χ3v) is 3.41. The Balaban J connectivity index is 2.43. The van der Waals surface area contributed by atoms with Crippen molar-refractivity contribution in [3.63, 3.8) is 0 Å². The monoisotopic (exact) mass is 313 g/mol. The fourth-order valence-corrected chi connectivity index (χ4v) is 2.44. The number of sulfonamides is 1. The lowest BCUT2D eigenvalue weighted by Crippen LogP contribution is -2.12. The van der Waals surface area contributed by atoms with Crippen molar-refractivity contribution >= 4 is 27.3 Å². The molecule has 1 rings (SSSR count). The lowest BCUT2D eigenvalue weighted by atomic mass is 10.1. The van der Waals surface area contributed by atoms with Crippen LogP contribution >= 0.6 is 0 Å².